The van der Waals surface area contributed by atoms with Gasteiger partial charge in [-0.3, -0.25) is 4.79 Å². The number of hydrogen-bond donors (Lipinski definition) is 1. The number of amides is 1. The number of para-hydroxylation sites is 2. The minimum Gasteiger partial charge on any atom is -0.493 e. The first-order chi connectivity index (χ1) is 16.3. The predicted octanol–water partition coefficient (Wildman–Crippen LogP) is 5.34. The fraction of sp³-hybridized carbons (Fsp3) is 0.429. The van der Waals surface area contributed by atoms with Crippen molar-refractivity contribution >= 4 is 16.9 Å². The molecule has 0 bridgehead atoms. The number of ether oxygens (including phenoxy) is 2. The fourth-order valence-corrected chi connectivity index (χ4v) is 3.80. The van der Waals surface area contributed by atoms with Crippen LogP contribution in [0.15, 0.2) is 55.1 Å². The van der Waals surface area contributed by atoms with Crippen LogP contribution in [0.3, 0.4) is 0 Å². The Bertz CT molecular complexity index is 1110. The monoisotopic (exact) mass is 463 g/mol. The molecule has 0 atom stereocenters. The molecular formula is C28H37N3O3. The Labute approximate surface area is 203 Å². The van der Waals surface area contributed by atoms with E-state index in [-0.39, 0.29) is 5.91 Å². The van der Waals surface area contributed by atoms with Gasteiger partial charge in [0.2, 0.25) is 5.91 Å². The second-order valence-corrected chi connectivity index (χ2v) is 9.46. The van der Waals surface area contributed by atoms with Crippen LogP contribution in [0.2, 0.25) is 0 Å². The molecule has 1 amide bonds. The van der Waals surface area contributed by atoms with E-state index in [4.69, 9.17) is 14.5 Å². The quantitative estimate of drug-likeness (QED) is 0.291. The molecule has 3 aromatic rings. The third-order valence-corrected chi connectivity index (χ3v) is 5.69. The molecule has 0 fully saturated rings. The molecule has 6 heteroatoms. The number of benzene rings is 2. The lowest BCUT2D eigenvalue weighted by Crippen LogP contribution is -2.36. The summed E-state index contributed by atoms with van der Waals surface area (Å²) >= 11 is 0. The maximum absolute atomic E-state index is 12.2. The zero-order valence-electron chi connectivity index (χ0n) is 20.9. The SMILES string of the molecule is C=CCc1ccc(OCCCCn2c(CCNC(=O)C(C)(C)C)nc3ccccc32)c(OC)c1. The molecule has 0 aliphatic rings. The minimum absolute atomic E-state index is 0.0558. The van der Waals surface area contributed by atoms with Crippen LogP contribution in [0, 0.1) is 5.41 Å². The van der Waals surface area contributed by atoms with Crippen molar-refractivity contribution in [3.05, 3.63) is 66.5 Å². The van der Waals surface area contributed by atoms with E-state index in [1.807, 2.05) is 63.2 Å². The van der Waals surface area contributed by atoms with E-state index in [2.05, 4.69) is 22.5 Å². The van der Waals surface area contributed by atoms with Gasteiger partial charge in [0.25, 0.3) is 0 Å². The van der Waals surface area contributed by atoms with E-state index in [1.165, 1.54) is 0 Å². The predicted molar refractivity (Wildman–Crippen MR) is 138 cm³/mol. The molecule has 2 aromatic carbocycles. The van der Waals surface area contributed by atoms with Crippen molar-refractivity contribution in [3.8, 4) is 11.5 Å². The fourth-order valence-electron chi connectivity index (χ4n) is 3.80. The highest BCUT2D eigenvalue weighted by Crippen LogP contribution is 2.28. The number of methoxy groups -OCH3 is 1. The molecule has 0 saturated carbocycles. The standard InChI is InChI=1S/C28H37N3O3/c1-6-11-21-14-15-24(25(20-21)33-5)34-19-10-9-18-31-23-13-8-7-12-22(23)30-26(31)16-17-29-27(32)28(2,3)4/h6-8,12-15,20H,1,9-11,16-19H2,2-5H3,(H,29,32). The van der Waals surface area contributed by atoms with Crippen LogP contribution in [0.1, 0.15) is 45.0 Å². The molecule has 0 unspecified atom stereocenters. The summed E-state index contributed by atoms with van der Waals surface area (Å²) in [5, 5.41) is 3.03. The summed E-state index contributed by atoms with van der Waals surface area (Å²) in [5.74, 6) is 2.56. The van der Waals surface area contributed by atoms with E-state index < -0.39 is 5.41 Å². The second kappa shape index (κ2) is 11.7. The van der Waals surface area contributed by atoms with Gasteiger partial charge < -0.3 is 19.4 Å². The van der Waals surface area contributed by atoms with Gasteiger partial charge in [-0.05, 0) is 49.1 Å². The Balaban J connectivity index is 1.57. The average molecular weight is 464 g/mol. The number of aryl methyl sites for hydroxylation is 1. The molecule has 0 aliphatic heterocycles. The van der Waals surface area contributed by atoms with E-state index in [0.29, 0.717) is 19.6 Å². The molecule has 0 saturated heterocycles. The second-order valence-electron chi connectivity index (χ2n) is 9.46. The lowest BCUT2D eigenvalue weighted by atomic mass is 9.96. The third-order valence-electron chi connectivity index (χ3n) is 5.69. The van der Waals surface area contributed by atoms with Crippen LogP contribution < -0.4 is 14.8 Å². The minimum atomic E-state index is -0.394. The number of nitrogens with zero attached hydrogens (tertiary/aromatic N) is 2. The molecule has 1 heterocycles. The summed E-state index contributed by atoms with van der Waals surface area (Å²) in [5.41, 5.74) is 2.87. The van der Waals surface area contributed by atoms with E-state index >= 15 is 0 Å². The number of fused-ring (bicyclic) bond motifs is 1. The normalized spacial score (nSPS) is 11.4. The highest BCUT2D eigenvalue weighted by molar-refractivity contribution is 5.81. The number of imidazole rings is 1. The first-order valence-electron chi connectivity index (χ1n) is 12.0. The summed E-state index contributed by atoms with van der Waals surface area (Å²) < 4.78 is 13.8. The van der Waals surface area contributed by atoms with Crippen LogP contribution in [0.4, 0.5) is 0 Å². The van der Waals surface area contributed by atoms with Crippen molar-refractivity contribution in [2.45, 2.75) is 53.0 Å². The highest BCUT2D eigenvalue weighted by atomic mass is 16.5. The van der Waals surface area contributed by atoms with Crippen LogP contribution in [-0.2, 0) is 24.2 Å². The Kier molecular flexibility index (Phi) is 8.74. The van der Waals surface area contributed by atoms with Crippen LogP contribution in [0.25, 0.3) is 11.0 Å². The molecule has 1 N–H and O–H groups in total. The number of carbonyl (C=O) groups is 1. The number of carbonyl (C=O) groups excluding carboxylic acids is 1. The average Bonchev–Trinajstić information content (AvgIpc) is 3.16. The van der Waals surface area contributed by atoms with Crippen molar-refractivity contribution in [1.82, 2.24) is 14.9 Å². The van der Waals surface area contributed by atoms with Gasteiger partial charge in [-0.15, -0.1) is 6.58 Å². The maximum atomic E-state index is 12.2. The lowest BCUT2D eigenvalue weighted by Gasteiger charge is -2.17. The van der Waals surface area contributed by atoms with Gasteiger partial charge in [-0.2, -0.15) is 0 Å². The van der Waals surface area contributed by atoms with Crippen molar-refractivity contribution in [3.63, 3.8) is 0 Å². The first kappa shape index (κ1) is 25.3. The Morgan fingerprint density at radius 2 is 1.94 bits per heavy atom. The van der Waals surface area contributed by atoms with Gasteiger partial charge in [-0.1, -0.05) is 45.0 Å². The van der Waals surface area contributed by atoms with Crippen molar-refractivity contribution in [1.29, 1.82) is 0 Å². The molecule has 0 aliphatic carbocycles. The molecule has 0 radical (unpaired) electrons. The zero-order chi connectivity index (χ0) is 24.6. The van der Waals surface area contributed by atoms with Crippen LogP contribution in [-0.4, -0.2) is 35.7 Å². The number of unbranched alkanes of at least 4 members (excludes halogenated alkanes) is 1. The molecule has 0 spiro atoms. The molecule has 1 aromatic heterocycles. The van der Waals surface area contributed by atoms with E-state index in [9.17, 15) is 4.79 Å². The molecule has 6 nitrogen and oxygen atoms in total. The number of aromatic nitrogens is 2. The van der Waals surface area contributed by atoms with E-state index in [0.717, 1.165) is 59.7 Å². The summed E-state index contributed by atoms with van der Waals surface area (Å²) in [6, 6.07) is 14.2. The summed E-state index contributed by atoms with van der Waals surface area (Å²) in [7, 11) is 1.66. The largest absolute Gasteiger partial charge is 0.493 e. The van der Waals surface area contributed by atoms with Crippen molar-refractivity contribution in [2.75, 3.05) is 20.3 Å². The molecule has 34 heavy (non-hydrogen) atoms. The van der Waals surface area contributed by atoms with Crippen molar-refractivity contribution < 1.29 is 14.3 Å². The maximum Gasteiger partial charge on any atom is 0.225 e. The Morgan fingerprint density at radius 3 is 2.68 bits per heavy atom. The van der Waals surface area contributed by atoms with Gasteiger partial charge in [0.1, 0.15) is 5.82 Å². The Morgan fingerprint density at radius 1 is 1.15 bits per heavy atom. The number of hydrogen-bond acceptors (Lipinski definition) is 4. The molecule has 182 valence electrons. The molecule has 3 rings (SSSR count). The summed E-state index contributed by atoms with van der Waals surface area (Å²) in [6.45, 7) is 11.6. The third kappa shape index (κ3) is 6.62. The van der Waals surface area contributed by atoms with Crippen LogP contribution >= 0.6 is 0 Å². The van der Waals surface area contributed by atoms with Gasteiger partial charge in [-0.25, -0.2) is 4.98 Å². The number of allylic oxidation sites excluding steroid dienone is 1. The summed E-state index contributed by atoms with van der Waals surface area (Å²) in [6.07, 6.45) is 5.24. The van der Waals surface area contributed by atoms with Gasteiger partial charge in [0, 0.05) is 24.9 Å². The van der Waals surface area contributed by atoms with E-state index in [1.54, 1.807) is 7.11 Å². The van der Waals surface area contributed by atoms with Gasteiger partial charge >= 0.3 is 0 Å². The van der Waals surface area contributed by atoms with Gasteiger partial charge in [0.05, 0.1) is 24.8 Å². The van der Waals surface area contributed by atoms with Crippen molar-refractivity contribution in [2.24, 2.45) is 5.41 Å². The topological polar surface area (TPSA) is 65.4 Å². The van der Waals surface area contributed by atoms with Crippen LogP contribution in [0.5, 0.6) is 11.5 Å². The number of rotatable bonds is 12. The number of nitrogens with one attached hydrogen (secondary N) is 1. The first-order valence-corrected chi connectivity index (χ1v) is 12.0. The van der Waals surface area contributed by atoms with Gasteiger partial charge in [0.15, 0.2) is 11.5 Å². The molecular weight excluding hydrogens is 426 g/mol. The Hall–Kier alpha value is -3.28. The highest BCUT2D eigenvalue weighted by Gasteiger charge is 2.20. The zero-order valence-corrected chi connectivity index (χ0v) is 20.9. The smallest absolute Gasteiger partial charge is 0.225 e. The lowest BCUT2D eigenvalue weighted by molar-refractivity contribution is -0.128. The summed E-state index contributed by atoms with van der Waals surface area (Å²) in [4.78, 5) is 17.0.